The van der Waals surface area contributed by atoms with E-state index >= 15 is 0 Å². The summed E-state index contributed by atoms with van der Waals surface area (Å²) in [6, 6.07) is 20.4. The van der Waals surface area contributed by atoms with Gasteiger partial charge in [0.25, 0.3) is 0 Å². The molecule has 0 bridgehead atoms. The maximum Gasteiger partial charge on any atom is 0.224 e. The number of hydrogen-bond donors (Lipinski definition) is 1. The summed E-state index contributed by atoms with van der Waals surface area (Å²) in [4.78, 5) is 13.6. The van der Waals surface area contributed by atoms with E-state index in [1.165, 1.54) is 5.56 Å². The minimum absolute atomic E-state index is 0.642. The maximum absolute atomic E-state index is 4.66. The summed E-state index contributed by atoms with van der Waals surface area (Å²) >= 11 is 0. The molecule has 124 valence electrons. The van der Waals surface area contributed by atoms with Crippen molar-refractivity contribution in [3.8, 4) is 5.82 Å². The zero-order valence-corrected chi connectivity index (χ0v) is 14.1. The van der Waals surface area contributed by atoms with Gasteiger partial charge in [0.05, 0.1) is 11.0 Å². The molecule has 5 nitrogen and oxygen atoms in total. The number of imidazole rings is 1. The monoisotopic (exact) mass is 329 g/mol. The molecule has 25 heavy (non-hydrogen) atoms. The highest BCUT2D eigenvalue weighted by Gasteiger charge is 2.08. The molecule has 0 atom stereocenters. The lowest BCUT2D eigenvalue weighted by Gasteiger charge is -2.09. The second kappa shape index (κ2) is 6.73. The molecule has 4 aromatic rings. The number of para-hydroxylation sites is 2. The van der Waals surface area contributed by atoms with E-state index in [-0.39, 0.29) is 0 Å². The van der Waals surface area contributed by atoms with Crippen LogP contribution in [0.25, 0.3) is 16.9 Å². The molecule has 0 aliphatic rings. The van der Waals surface area contributed by atoms with Crippen LogP contribution in [0.15, 0.2) is 67.0 Å². The van der Waals surface area contributed by atoms with Crippen LogP contribution in [-0.2, 0) is 6.42 Å². The number of aromatic nitrogens is 4. The van der Waals surface area contributed by atoms with Gasteiger partial charge in [0, 0.05) is 18.3 Å². The van der Waals surface area contributed by atoms with Crippen molar-refractivity contribution >= 4 is 17.0 Å². The Balaban J connectivity index is 1.56. The van der Waals surface area contributed by atoms with E-state index in [9.17, 15) is 0 Å². The minimum Gasteiger partial charge on any atom is -0.354 e. The highest BCUT2D eigenvalue weighted by molar-refractivity contribution is 5.76. The number of nitrogens with one attached hydrogen (secondary N) is 1. The molecule has 0 amide bonds. The SMILES string of the molecule is Cc1cc(-n2cnc3ccccc32)nc(NCCc2ccccc2)n1. The Morgan fingerprint density at radius 1 is 0.960 bits per heavy atom. The van der Waals surface area contributed by atoms with Crippen molar-refractivity contribution in [2.75, 3.05) is 11.9 Å². The first-order valence-electron chi connectivity index (χ1n) is 8.35. The van der Waals surface area contributed by atoms with Gasteiger partial charge in [0.15, 0.2) is 0 Å². The number of benzene rings is 2. The van der Waals surface area contributed by atoms with Gasteiger partial charge in [0.1, 0.15) is 12.1 Å². The Hall–Kier alpha value is -3.21. The van der Waals surface area contributed by atoms with Crippen LogP contribution in [0.5, 0.6) is 0 Å². The molecule has 0 saturated carbocycles. The fourth-order valence-corrected chi connectivity index (χ4v) is 2.86. The average Bonchev–Trinajstić information content (AvgIpc) is 3.06. The van der Waals surface area contributed by atoms with Gasteiger partial charge < -0.3 is 5.32 Å². The van der Waals surface area contributed by atoms with Crippen LogP contribution in [0.4, 0.5) is 5.95 Å². The zero-order chi connectivity index (χ0) is 17.1. The zero-order valence-electron chi connectivity index (χ0n) is 14.1. The van der Waals surface area contributed by atoms with E-state index in [1.54, 1.807) is 6.33 Å². The predicted octanol–water partition coefficient (Wildman–Crippen LogP) is 3.78. The number of anilines is 1. The van der Waals surface area contributed by atoms with Gasteiger partial charge in [-0.05, 0) is 31.0 Å². The molecule has 2 aromatic heterocycles. The van der Waals surface area contributed by atoms with Crippen LogP contribution >= 0.6 is 0 Å². The molecular formula is C20H19N5. The second-order valence-corrected chi connectivity index (χ2v) is 5.96. The summed E-state index contributed by atoms with van der Waals surface area (Å²) in [5.74, 6) is 1.46. The van der Waals surface area contributed by atoms with E-state index in [0.29, 0.717) is 5.95 Å². The van der Waals surface area contributed by atoms with Crippen molar-refractivity contribution in [2.45, 2.75) is 13.3 Å². The minimum atomic E-state index is 0.642. The van der Waals surface area contributed by atoms with Gasteiger partial charge in [0.2, 0.25) is 5.95 Å². The lowest BCUT2D eigenvalue weighted by Crippen LogP contribution is -2.10. The third kappa shape index (κ3) is 3.35. The van der Waals surface area contributed by atoms with Crippen molar-refractivity contribution in [2.24, 2.45) is 0 Å². The highest BCUT2D eigenvalue weighted by atomic mass is 15.2. The third-order valence-electron chi connectivity index (χ3n) is 4.08. The third-order valence-corrected chi connectivity index (χ3v) is 4.08. The standard InChI is InChI=1S/C20H19N5/c1-15-13-19(25-14-22-17-9-5-6-10-18(17)25)24-20(23-15)21-12-11-16-7-3-2-4-8-16/h2-10,13-14H,11-12H2,1H3,(H,21,23,24). The summed E-state index contributed by atoms with van der Waals surface area (Å²) in [5, 5.41) is 3.33. The van der Waals surface area contributed by atoms with Crippen LogP contribution in [0.3, 0.4) is 0 Å². The first-order chi connectivity index (χ1) is 12.3. The maximum atomic E-state index is 4.66. The first-order valence-corrected chi connectivity index (χ1v) is 8.35. The van der Waals surface area contributed by atoms with Gasteiger partial charge in [-0.15, -0.1) is 0 Å². The predicted molar refractivity (Wildman–Crippen MR) is 100 cm³/mol. The van der Waals surface area contributed by atoms with Crippen LogP contribution in [-0.4, -0.2) is 26.1 Å². The van der Waals surface area contributed by atoms with Gasteiger partial charge in [-0.3, -0.25) is 4.57 Å². The molecule has 0 aliphatic heterocycles. The molecular weight excluding hydrogens is 310 g/mol. The average molecular weight is 329 g/mol. The fourth-order valence-electron chi connectivity index (χ4n) is 2.86. The molecule has 0 saturated heterocycles. The number of fused-ring (bicyclic) bond motifs is 1. The van der Waals surface area contributed by atoms with E-state index in [4.69, 9.17) is 0 Å². The Morgan fingerprint density at radius 2 is 1.76 bits per heavy atom. The summed E-state index contributed by atoms with van der Waals surface area (Å²) in [6.07, 6.45) is 2.74. The summed E-state index contributed by atoms with van der Waals surface area (Å²) in [6.45, 7) is 2.77. The lowest BCUT2D eigenvalue weighted by molar-refractivity contribution is 0.941. The van der Waals surface area contributed by atoms with Crippen molar-refractivity contribution < 1.29 is 0 Å². The molecule has 2 heterocycles. The molecule has 0 aliphatic carbocycles. The molecule has 2 aromatic carbocycles. The Morgan fingerprint density at radius 3 is 2.64 bits per heavy atom. The topological polar surface area (TPSA) is 55.6 Å². The van der Waals surface area contributed by atoms with E-state index in [0.717, 1.165) is 35.5 Å². The Kier molecular flexibility index (Phi) is 4.12. The summed E-state index contributed by atoms with van der Waals surface area (Å²) < 4.78 is 1.99. The van der Waals surface area contributed by atoms with Crippen LogP contribution in [0.1, 0.15) is 11.3 Å². The first kappa shape index (κ1) is 15.3. The summed E-state index contributed by atoms with van der Waals surface area (Å²) in [7, 11) is 0. The molecule has 0 spiro atoms. The van der Waals surface area contributed by atoms with E-state index < -0.39 is 0 Å². The number of nitrogens with zero attached hydrogens (tertiary/aromatic N) is 4. The van der Waals surface area contributed by atoms with E-state index in [2.05, 4.69) is 44.5 Å². The van der Waals surface area contributed by atoms with Crippen LogP contribution < -0.4 is 5.32 Å². The molecule has 4 rings (SSSR count). The normalized spacial score (nSPS) is 10.9. The van der Waals surface area contributed by atoms with Crippen molar-refractivity contribution in [3.63, 3.8) is 0 Å². The van der Waals surface area contributed by atoms with Crippen molar-refractivity contribution in [1.82, 2.24) is 19.5 Å². The lowest BCUT2D eigenvalue weighted by atomic mass is 10.1. The molecule has 5 heteroatoms. The number of aryl methyl sites for hydroxylation is 1. The molecule has 0 fully saturated rings. The van der Waals surface area contributed by atoms with Gasteiger partial charge >= 0.3 is 0 Å². The smallest absolute Gasteiger partial charge is 0.224 e. The number of rotatable bonds is 5. The fraction of sp³-hybridized carbons (Fsp3) is 0.150. The molecule has 0 unspecified atom stereocenters. The largest absolute Gasteiger partial charge is 0.354 e. The van der Waals surface area contributed by atoms with Crippen molar-refractivity contribution in [3.05, 3.63) is 78.2 Å². The van der Waals surface area contributed by atoms with E-state index in [1.807, 2.05) is 47.9 Å². The Labute approximate surface area is 146 Å². The highest BCUT2D eigenvalue weighted by Crippen LogP contribution is 2.18. The van der Waals surface area contributed by atoms with Crippen molar-refractivity contribution in [1.29, 1.82) is 0 Å². The van der Waals surface area contributed by atoms with Gasteiger partial charge in [-0.1, -0.05) is 42.5 Å². The molecule has 1 N–H and O–H groups in total. The van der Waals surface area contributed by atoms with Crippen LogP contribution in [0, 0.1) is 6.92 Å². The van der Waals surface area contributed by atoms with Gasteiger partial charge in [-0.2, -0.15) is 4.98 Å². The molecule has 0 radical (unpaired) electrons. The number of hydrogen-bond acceptors (Lipinski definition) is 4. The summed E-state index contributed by atoms with van der Waals surface area (Å²) in [5.41, 5.74) is 4.21. The van der Waals surface area contributed by atoms with Crippen LogP contribution in [0.2, 0.25) is 0 Å². The van der Waals surface area contributed by atoms with Gasteiger partial charge in [-0.25, -0.2) is 9.97 Å². The Bertz CT molecular complexity index is 991. The second-order valence-electron chi connectivity index (χ2n) is 5.96. The quantitative estimate of drug-likeness (QED) is 0.605.